The van der Waals surface area contributed by atoms with Crippen LogP contribution in [0.5, 0.6) is 5.75 Å². The third-order valence-corrected chi connectivity index (χ3v) is 8.25. The summed E-state index contributed by atoms with van der Waals surface area (Å²) in [4.78, 5) is 0. The lowest BCUT2D eigenvalue weighted by molar-refractivity contribution is 0.0568. The summed E-state index contributed by atoms with van der Waals surface area (Å²) in [6, 6.07) is 6.65. The van der Waals surface area contributed by atoms with Gasteiger partial charge in [-0.2, -0.15) is 0 Å². The molecule has 0 aliphatic heterocycles. The molecule has 2 saturated carbocycles. The first-order valence-corrected chi connectivity index (χ1v) is 14.2. The number of aryl methyl sites for hydroxylation is 1. The van der Waals surface area contributed by atoms with Gasteiger partial charge in [0.1, 0.15) is 5.75 Å². The molecule has 3 rings (SSSR count). The fraction of sp³-hybridized carbons (Fsp3) is 0.786. The van der Waals surface area contributed by atoms with Crippen LogP contribution in [0.2, 0.25) is 0 Å². The van der Waals surface area contributed by atoms with E-state index in [2.05, 4.69) is 39.0 Å². The molecule has 2 aliphatic carbocycles. The van der Waals surface area contributed by atoms with Crippen LogP contribution in [0.25, 0.3) is 0 Å². The minimum absolute atomic E-state index is 0.0278. The Hall–Kier alpha value is -0.870. The highest BCUT2D eigenvalue weighted by atomic mass is 32.2. The van der Waals surface area contributed by atoms with Crippen molar-refractivity contribution in [2.24, 2.45) is 11.8 Å². The Kier molecular flexibility index (Phi) is 13.8. The summed E-state index contributed by atoms with van der Waals surface area (Å²) >= 11 is 0. The van der Waals surface area contributed by atoms with Crippen LogP contribution >= 0.6 is 0 Å². The molecule has 1 unspecified atom stereocenters. The maximum atomic E-state index is 10.6. The highest BCUT2D eigenvalue weighted by Gasteiger charge is 2.22. The van der Waals surface area contributed by atoms with Crippen molar-refractivity contribution in [1.82, 2.24) is 0 Å². The quantitative estimate of drug-likeness (QED) is 0.435. The number of benzene rings is 1. The van der Waals surface area contributed by atoms with Crippen molar-refractivity contribution >= 4 is 10.8 Å². The monoisotopic (exact) mass is 466 g/mol. The molecule has 3 nitrogen and oxygen atoms in total. The lowest BCUT2D eigenvalue weighted by Crippen LogP contribution is -2.21. The van der Waals surface area contributed by atoms with Crippen LogP contribution in [0.4, 0.5) is 0 Å². The van der Waals surface area contributed by atoms with E-state index in [1.165, 1.54) is 68.9 Å². The van der Waals surface area contributed by atoms with E-state index in [9.17, 15) is 4.21 Å². The first kappa shape index (κ1) is 29.2. The van der Waals surface area contributed by atoms with Gasteiger partial charge in [-0.25, -0.2) is 0 Å². The highest BCUT2D eigenvalue weighted by Crippen LogP contribution is 2.31. The smallest absolute Gasteiger partial charge is 0.119 e. The molecule has 0 heterocycles. The predicted molar refractivity (Wildman–Crippen MR) is 140 cm³/mol. The highest BCUT2D eigenvalue weighted by molar-refractivity contribution is 7.85. The van der Waals surface area contributed by atoms with E-state index < -0.39 is 10.8 Å². The number of rotatable bonds is 6. The van der Waals surface area contributed by atoms with Crippen molar-refractivity contribution in [1.29, 1.82) is 0 Å². The zero-order valence-corrected chi connectivity index (χ0v) is 23.0. The Bertz CT molecular complexity index is 653. The summed E-state index contributed by atoms with van der Waals surface area (Å²) in [6.45, 7) is 13.3. The Balaban J connectivity index is 0.000000433. The molecule has 0 radical (unpaired) electrons. The van der Waals surface area contributed by atoms with Crippen LogP contribution in [0.15, 0.2) is 18.2 Å². The van der Waals surface area contributed by atoms with Crippen LogP contribution in [-0.2, 0) is 22.0 Å². The van der Waals surface area contributed by atoms with Crippen molar-refractivity contribution in [3.63, 3.8) is 0 Å². The summed E-state index contributed by atoms with van der Waals surface area (Å²) < 4.78 is 22.0. The van der Waals surface area contributed by atoms with Gasteiger partial charge in [0.15, 0.2) is 0 Å². The number of methoxy groups -OCH3 is 1. The molecule has 0 N–H and O–H groups in total. The number of ether oxygens (including phenoxy) is 2. The number of hydrogen-bond acceptors (Lipinski definition) is 3. The van der Waals surface area contributed by atoms with E-state index >= 15 is 0 Å². The van der Waals surface area contributed by atoms with E-state index in [-0.39, 0.29) is 4.75 Å². The molecule has 186 valence electrons. The van der Waals surface area contributed by atoms with Crippen LogP contribution < -0.4 is 4.74 Å². The van der Waals surface area contributed by atoms with E-state index in [1.807, 2.05) is 27.9 Å². The zero-order chi connectivity index (χ0) is 24.1. The molecule has 0 spiro atoms. The van der Waals surface area contributed by atoms with Gasteiger partial charge in [0.2, 0.25) is 0 Å². The van der Waals surface area contributed by atoms with Crippen molar-refractivity contribution in [3.05, 3.63) is 29.3 Å². The summed E-state index contributed by atoms with van der Waals surface area (Å²) in [7, 11) is 1.16. The molecule has 2 fully saturated rings. The molecule has 1 aromatic carbocycles. The molecular formula is C28H50O3S. The van der Waals surface area contributed by atoms with Crippen molar-refractivity contribution < 1.29 is 13.7 Å². The van der Waals surface area contributed by atoms with Gasteiger partial charge in [0.05, 0.1) is 12.7 Å². The maximum absolute atomic E-state index is 10.6. The molecule has 0 amide bonds. The van der Waals surface area contributed by atoms with Gasteiger partial charge in [-0.3, -0.25) is 4.21 Å². The third kappa shape index (κ3) is 11.3. The second-order valence-electron chi connectivity index (χ2n) is 10.6. The second-order valence-corrected chi connectivity index (χ2v) is 12.7. The average Bonchev–Trinajstić information content (AvgIpc) is 2.70. The second kappa shape index (κ2) is 15.1. The maximum Gasteiger partial charge on any atom is 0.119 e. The van der Waals surface area contributed by atoms with Crippen LogP contribution in [0.3, 0.4) is 0 Å². The summed E-state index contributed by atoms with van der Waals surface area (Å²) in [6.07, 6.45) is 13.8. The van der Waals surface area contributed by atoms with E-state index in [0.29, 0.717) is 6.10 Å². The minimum atomic E-state index is -0.683. The minimum Gasteiger partial charge on any atom is -0.493 e. The lowest BCUT2D eigenvalue weighted by atomic mass is 9.82. The molecule has 0 aromatic heterocycles. The molecule has 1 atom stereocenters. The van der Waals surface area contributed by atoms with Gasteiger partial charge in [-0.1, -0.05) is 32.8 Å². The van der Waals surface area contributed by atoms with Crippen LogP contribution in [0, 0.1) is 18.8 Å². The first-order chi connectivity index (χ1) is 15.1. The lowest BCUT2D eigenvalue weighted by Gasteiger charge is -2.28. The van der Waals surface area contributed by atoms with E-state index in [1.54, 1.807) is 6.26 Å². The van der Waals surface area contributed by atoms with Crippen molar-refractivity contribution in [3.8, 4) is 5.75 Å². The van der Waals surface area contributed by atoms with Crippen molar-refractivity contribution in [2.75, 3.05) is 20.0 Å². The summed E-state index contributed by atoms with van der Waals surface area (Å²) in [5, 5.41) is 0. The fourth-order valence-corrected chi connectivity index (χ4v) is 3.71. The zero-order valence-electron chi connectivity index (χ0n) is 22.2. The molecular weight excluding hydrogens is 416 g/mol. The van der Waals surface area contributed by atoms with E-state index in [4.69, 9.17) is 9.47 Å². The topological polar surface area (TPSA) is 35.5 Å². The standard InChI is InChI=1S/C20H30O2.C5H12OS.C3H8/c1-15-6-9-20(22-14-17-4-3-5-17)13-18(15)12-16-7-10-19(21-2)11-8-16;1-5(2,3)7(4)6;1-3-2/h6,9,13,16-17,19H,3-5,7-8,10-12,14H2,1-2H3;1-4H3;3H2,1-2H3. The Labute approximate surface area is 201 Å². The van der Waals surface area contributed by atoms with Crippen LogP contribution in [0.1, 0.15) is 97.1 Å². The average molecular weight is 467 g/mol. The molecule has 1 aromatic rings. The van der Waals surface area contributed by atoms with Crippen LogP contribution in [-0.4, -0.2) is 35.0 Å². The summed E-state index contributed by atoms with van der Waals surface area (Å²) in [5.41, 5.74) is 2.89. The SMILES string of the molecule is CCC.COC1CCC(Cc2cc(OCC3CCC3)ccc2C)CC1.CS(=O)C(C)(C)C. The summed E-state index contributed by atoms with van der Waals surface area (Å²) in [5.74, 6) is 2.68. The van der Waals surface area contributed by atoms with Gasteiger partial charge >= 0.3 is 0 Å². The molecule has 0 bridgehead atoms. The molecule has 2 aliphatic rings. The van der Waals surface area contributed by atoms with E-state index in [0.717, 1.165) is 24.2 Å². The van der Waals surface area contributed by atoms with Gasteiger partial charge in [-0.15, -0.1) is 0 Å². The van der Waals surface area contributed by atoms with Gasteiger partial charge in [-0.05, 0) is 108 Å². The predicted octanol–water partition coefficient (Wildman–Crippen LogP) is 7.50. The normalized spacial score (nSPS) is 21.9. The van der Waals surface area contributed by atoms with Gasteiger partial charge in [0.25, 0.3) is 0 Å². The largest absolute Gasteiger partial charge is 0.493 e. The van der Waals surface area contributed by atoms with Gasteiger partial charge in [0, 0.05) is 28.9 Å². The van der Waals surface area contributed by atoms with Crippen molar-refractivity contribution in [2.45, 2.75) is 110 Å². The molecule has 32 heavy (non-hydrogen) atoms. The Morgan fingerprint density at radius 3 is 2.00 bits per heavy atom. The Morgan fingerprint density at radius 2 is 1.56 bits per heavy atom. The fourth-order valence-electron chi connectivity index (χ4n) is 3.71. The first-order valence-electron chi connectivity index (χ1n) is 12.7. The molecule has 0 saturated heterocycles. The Morgan fingerprint density at radius 1 is 1.00 bits per heavy atom. The van der Waals surface area contributed by atoms with Gasteiger partial charge < -0.3 is 9.47 Å². The molecule has 4 heteroatoms. The third-order valence-electron chi connectivity index (χ3n) is 6.53. The number of hydrogen-bond donors (Lipinski definition) is 0.